The fourth-order valence-electron chi connectivity index (χ4n) is 1.48. The molecule has 0 spiro atoms. The van der Waals surface area contributed by atoms with Crippen LogP contribution in [-0.2, 0) is 0 Å². The average molecular weight is 228 g/mol. The Morgan fingerprint density at radius 1 is 1.40 bits per heavy atom. The molecule has 0 aliphatic carbocycles. The highest BCUT2D eigenvalue weighted by Crippen LogP contribution is 2.30. The van der Waals surface area contributed by atoms with Crippen molar-refractivity contribution < 1.29 is 4.74 Å². The van der Waals surface area contributed by atoms with Gasteiger partial charge in [-0.3, -0.25) is 0 Å². The minimum atomic E-state index is 0.448. The second-order valence-electron chi connectivity index (χ2n) is 3.90. The molecule has 15 heavy (non-hydrogen) atoms. The van der Waals surface area contributed by atoms with E-state index < -0.39 is 0 Å². The van der Waals surface area contributed by atoms with E-state index in [1.165, 1.54) is 5.56 Å². The summed E-state index contributed by atoms with van der Waals surface area (Å²) < 4.78 is 5.32. The third-order valence-electron chi connectivity index (χ3n) is 2.46. The van der Waals surface area contributed by atoms with Crippen LogP contribution >= 0.6 is 11.6 Å². The number of rotatable bonds is 4. The van der Waals surface area contributed by atoms with Gasteiger partial charge in [0.15, 0.2) is 0 Å². The second-order valence-corrected chi connectivity index (χ2v) is 4.14. The van der Waals surface area contributed by atoms with Crippen molar-refractivity contribution in [2.24, 2.45) is 0 Å². The Morgan fingerprint density at radius 3 is 2.53 bits per heavy atom. The van der Waals surface area contributed by atoms with Crippen molar-refractivity contribution in [2.75, 3.05) is 25.1 Å². The van der Waals surface area contributed by atoms with Crippen molar-refractivity contribution in [3.63, 3.8) is 0 Å². The van der Waals surface area contributed by atoms with Crippen molar-refractivity contribution in [1.82, 2.24) is 0 Å². The van der Waals surface area contributed by atoms with Gasteiger partial charge in [-0.25, -0.2) is 0 Å². The van der Waals surface area contributed by atoms with E-state index in [9.17, 15) is 0 Å². The smallest absolute Gasteiger partial charge is 0.122 e. The van der Waals surface area contributed by atoms with E-state index in [2.05, 4.69) is 19.9 Å². The molecule has 0 amide bonds. The minimum Gasteiger partial charge on any atom is -0.496 e. The highest BCUT2D eigenvalue weighted by Gasteiger charge is 2.09. The molecule has 2 nitrogen and oxygen atoms in total. The Hall–Kier alpha value is -0.890. The molecule has 0 saturated carbocycles. The van der Waals surface area contributed by atoms with E-state index in [1.807, 2.05) is 24.1 Å². The maximum absolute atomic E-state index is 5.79. The highest BCUT2D eigenvalue weighted by atomic mass is 35.5. The standard InChI is InChI=1S/C12H18ClNO/c1-9(2)11-7-10(14(3)8-13)5-6-12(11)15-4/h5-7,9H,8H2,1-4H3. The molecule has 0 N–H and O–H groups in total. The van der Waals surface area contributed by atoms with Crippen molar-refractivity contribution >= 4 is 17.3 Å². The quantitative estimate of drug-likeness (QED) is 0.577. The predicted octanol–water partition coefficient (Wildman–Crippen LogP) is 3.45. The van der Waals surface area contributed by atoms with Gasteiger partial charge in [0, 0.05) is 12.7 Å². The lowest BCUT2D eigenvalue weighted by molar-refractivity contribution is 0.407. The zero-order valence-electron chi connectivity index (χ0n) is 9.75. The fourth-order valence-corrected chi connectivity index (χ4v) is 1.62. The third-order valence-corrected chi connectivity index (χ3v) is 2.81. The Kier molecular flexibility index (Phi) is 4.28. The molecule has 0 bridgehead atoms. The molecule has 0 aliphatic heterocycles. The van der Waals surface area contributed by atoms with Crippen LogP contribution in [0.5, 0.6) is 5.75 Å². The molecule has 0 radical (unpaired) electrons. The van der Waals surface area contributed by atoms with Crippen molar-refractivity contribution in [3.05, 3.63) is 23.8 Å². The Morgan fingerprint density at radius 2 is 2.07 bits per heavy atom. The van der Waals surface area contributed by atoms with Gasteiger partial charge >= 0.3 is 0 Å². The zero-order chi connectivity index (χ0) is 11.4. The molecule has 0 atom stereocenters. The summed E-state index contributed by atoms with van der Waals surface area (Å²) in [4.78, 5) is 1.99. The minimum absolute atomic E-state index is 0.448. The van der Waals surface area contributed by atoms with Gasteiger partial charge in [-0.05, 0) is 29.7 Å². The van der Waals surface area contributed by atoms with Crippen LogP contribution in [0.2, 0.25) is 0 Å². The molecule has 1 rings (SSSR count). The zero-order valence-corrected chi connectivity index (χ0v) is 10.5. The van der Waals surface area contributed by atoms with Crippen LogP contribution in [0.3, 0.4) is 0 Å². The van der Waals surface area contributed by atoms with E-state index in [0.717, 1.165) is 11.4 Å². The van der Waals surface area contributed by atoms with Crippen LogP contribution in [0.4, 0.5) is 5.69 Å². The monoisotopic (exact) mass is 227 g/mol. The summed E-state index contributed by atoms with van der Waals surface area (Å²) in [7, 11) is 3.67. The van der Waals surface area contributed by atoms with Crippen molar-refractivity contribution in [1.29, 1.82) is 0 Å². The van der Waals surface area contributed by atoms with Gasteiger partial charge in [0.2, 0.25) is 0 Å². The third kappa shape index (κ3) is 2.78. The van der Waals surface area contributed by atoms with Gasteiger partial charge in [0.1, 0.15) is 5.75 Å². The summed E-state index contributed by atoms with van der Waals surface area (Å²) in [5.74, 6) is 1.39. The van der Waals surface area contributed by atoms with Gasteiger partial charge < -0.3 is 9.64 Å². The number of anilines is 1. The Balaban J connectivity index is 3.10. The van der Waals surface area contributed by atoms with E-state index >= 15 is 0 Å². The van der Waals surface area contributed by atoms with Gasteiger partial charge in [0.05, 0.1) is 13.1 Å². The molecule has 1 aromatic carbocycles. The molecule has 0 heterocycles. The number of methoxy groups -OCH3 is 1. The molecule has 1 aromatic rings. The van der Waals surface area contributed by atoms with E-state index in [1.54, 1.807) is 7.11 Å². The van der Waals surface area contributed by atoms with Gasteiger partial charge in [-0.1, -0.05) is 13.8 Å². The first-order chi connectivity index (χ1) is 7.10. The molecule has 0 unspecified atom stereocenters. The first-order valence-electron chi connectivity index (χ1n) is 5.05. The maximum Gasteiger partial charge on any atom is 0.122 e. The number of hydrogen-bond donors (Lipinski definition) is 0. The van der Waals surface area contributed by atoms with Gasteiger partial charge in [-0.2, -0.15) is 0 Å². The van der Waals surface area contributed by atoms with Crippen LogP contribution in [0.15, 0.2) is 18.2 Å². The Bertz CT molecular complexity index is 325. The first kappa shape index (κ1) is 12.2. The van der Waals surface area contributed by atoms with Crippen molar-refractivity contribution in [2.45, 2.75) is 19.8 Å². The van der Waals surface area contributed by atoms with Gasteiger partial charge in [-0.15, -0.1) is 11.6 Å². The number of benzene rings is 1. The second kappa shape index (κ2) is 5.26. The predicted molar refractivity (Wildman–Crippen MR) is 66.2 cm³/mol. The number of alkyl halides is 1. The lowest BCUT2D eigenvalue weighted by atomic mass is 10.0. The SMILES string of the molecule is COc1ccc(N(C)CCl)cc1C(C)C. The van der Waals surface area contributed by atoms with Crippen LogP contribution in [0.25, 0.3) is 0 Å². The van der Waals surface area contributed by atoms with Gasteiger partial charge in [0.25, 0.3) is 0 Å². The first-order valence-corrected chi connectivity index (χ1v) is 5.58. The molecule has 0 saturated heterocycles. The lowest BCUT2D eigenvalue weighted by Gasteiger charge is -2.19. The highest BCUT2D eigenvalue weighted by molar-refractivity contribution is 6.18. The summed E-state index contributed by atoms with van der Waals surface area (Å²) >= 11 is 5.79. The number of nitrogens with zero attached hydrogens (tertiary/aromatic N) is 1. The number of halogens is 1. The summed E-state index contributed by atoms with van der Waals surface area (Å²) in [6.45, 7) is 4.31. The number of ether oxygens (including phenoxy) is 1. The fraction of sp³-hybridized carbons (Fsp3) is 0.500. The van der Waals surface area contributed by atoms with Crippen LogP contribution in [0, 0.1) is 0 Å². The molecular formula is C12H18ClNO. The largest absolute Gasteiger partial charge is 0.496 e. The van der Waals surface area contributed by atoms with Crippen LogP contribution in [0.1, 0.15) is 25.3 Å². The summed E-state index contributed by atoms with van der Waals surface area (Å²) in [6.07, 6.45) is 0. The molecule has 0 aromatic heterocycles. The molecule has 0 fully saturated rings. The average Bonchev–Trinajstić information content (AvgIpc) is 2.27. The lowest BCUT2D eigenvalue weighted by Crippen LogP contribution is -2.14. The molecule has 0 aliphatic rings. The molecular weight excluding hydrogens is 210 g/mol. The van der Waals surface area contributed by atoms with Crippen molar-refractivity contribution in [3.8, 4) is 5.75 Å². The number of hydrogen-bond acceptors (Lipinski definition) is 2. The summed E-state index contributed by atoms with van der Waals surface area (Å²) in [5, 5.41) is 0. The molecule has 84 valence electrons. The maximum atomic E-state index is 5.79. The Labute approximate surface area is 96.8 Å². The normalized spacial score (nSPS) is 10.5. The van der Waals surface area contributed by atoms with Crippen LogP contribution < -0.4 is 9.64 Å². The van der Waals surface area contributed by atoms with E-state index in [0.29, 0.717) is 11.9 Å². The summed E-state index contributed by atoms with van der Waals surface area (Å²) in [6, 6.07) is 6.64. The topological polar surface area (TPSA) is 12.5 Å². The summed E-state index contributed by atoms with van der Waals surface area (Å²) in [5.41, 5.74) is 2.33. The molecule has 3 heteroatoms. The van der Waals surface area contributed by atoms with Crippen LogP contribution in [-0.4, -0.2) is 20.2 Å². The van der Waals surface area contributed by atoms with E-state index in [-0.39, 0.29) is 0 Å². The van der Waals surface area contributed by atoms with E-state index in [4.69, 9.17) is 16.3 Å².